The van der Waals surface area contributed by atoms with Gasteiger partial charge in [0.1, 0.15) is 16.5 Å². The van der Waals surface area contributed by atoms with Crippen LogP contribution in [0.4, 0.5) is 4.39 Å². The Bertz CT molecular complexity index is 778. The number of aromatic nitrogens is 1. The molecule has 0 radical (unpaired) electrons. The number of benzene rings is 1. The third kappa shape index (κ3) is 2.77. The highest BCUT2D eigenvalue weighted by atomic mass is 79.9. The van der Waals surface area contributed by atoms with Crippen molar-refractivity contribution in [1.29, 1.82) is 0 Å². The summed E-state index contributed by atoms with van der Waals surface area (Å²) in [5.74, 6) is -1.39. The van der Waals surface area contributed by atoms with Crippen LogP contribution in [-0.2, 0) is 10.0 Å². The Kier molecular flexibility index (Phi) is 3.99. The summed E-state index contributed by atoms with van der Waals surface area (Å²) < 4.78 is 40.7. The van der Waals surface area contributed by atoms with Crippen LogP contribution in [0.1, 0.15) is 13.8 Å². The summed E-state index contributed by atoms with van der Waals surface area (Å²) in [5, 5.41) is 9.83. The molecule has 2 N–H and O–H groups in total. The molecule has 0 bridgehead atoms. The number of nitrogens with one attached hydrogen (secondary N) is 1. The number of sulfonamides is 1. The van der Waals surface area contributed by atoms with Gasteiger partial charge in [-0.3, -0.25) is 4.98 Å². The van der Waals surface area contributed by atoms with E-state index in [2.05, 4.69) is 25.6 Å². The van der Waals surface area contributed by atoms with Gasteiger partial charge in [-0.15, -0.1) is 0 Å². The first-order valence-electron chi connectivity index (χ1n) is 5.71. The third-order valence-electron chi connectivity index (χ3n) is 2.51. The molecule has 0 unspecified atom stereocenters. The van der Waals surface area contributed by atoms with E-state index in [4.69, 9.17) is 0 Å². The Morgan fingerprint density at radius 1 is 1.40 bits per heavy atom. The largest absolute Gasteiger partial charge is 0.506 e. The van der Waals surface area contributed by atoms with E-state index in [1.807, 2.05) is 0 Å². The molecule has 0 amide bonds. The minimum Gasteiger partial charge on any atom is -0.506 e. The lowest BCUT2D eigenvalue weighted by molar-refractivity contribution is 0.460. The quantitative estimate of drug-likeness (QED) is 0.879. The number of hydrogen-bond donors (Lipinski definition) is 2. The molecule has 0 aliphatic heterocycles. The summed E-state index contributed by atoms with van der Waals surface area (Å²) >= 11 is 3.11. The normalized spacial score (nSPS) is 12.2. The predicted octanol–water partition coefficient (Wildman–Crippen LogP) is 2.53. The van der Waals surface area contributed by atoms with Crippen LogP contribution >= 0.6 is 15.9 Å². The van der Waals surface area contributed by atoms with Crippen molar-refractivity contribution in [3.05, 3.63) is 28.6 Å². The van der Waals surface area contributed by atoms with Crippen molar-refractivity contribution in [2.24, 2.45) is 0 Å². The Labute approximate surface area is 124 Å². The first-order chi connectivity index (χ1) is 9.22. The Balaban J connectivity index is 2.73. The Morgan fingerprint density at radius 3 is 2.65 bits per heavy atom. The maximum atomic E-state index is 13.9. The van der Waals surface area contributed by atoms with E-state index in [-0.39, 0.29) is 16.9 Å². The van der Waals surface area contributed by atoms with Gasteiger partial charge in [0.25, 0.3) is 0 Å². The average molecular weight is 363 g/mol. The van der Waals surface area contributed by atoms with Crippen molar-refractivity contribution in [3.63, 3.8) is 0 Å². The van der Waals surface area contributed by atoms with Crippen molar-refractivity contribution < 1.29 is 17.9 Å². The summed E-state index contributed by atoms with van der Waals surface area (Å²) in [6, 6.07) is 2.27. The highest BCUT2D eigenvalue weighted by molar-refractivity contribution is 9.10. The third-order valence-corrected chi connectivity index (χ3v) is 4.62. The molecular formula is C12H12BrFN2O3S. The lowest BCUT2D eigenvalue weighted by Gasteiger charge is -2.12. The molecule has 108 valence electrons. The minimum atomic E-state index is -3.95. The Hall–Kier alpha value is -1.25. The zero-order valence-electron chi connectivity index (χ0n) is 10.7. The summed E-state index contributed by atoms with van der Waals surface area (Å²) in [6.45, 7) is 3.28. The number of halogens is 2. The van der Waals surface area contributed by atoms with Crippen molar-refractivity contribution in [1.82, 2.24) is 9.71 Å². The van der Waals surface area contributed by atoms with Gasteiger partial charge in [0.15, 0.2) is 0 Å². The molecule has 0 spiro atoms. The summed E-state index contributed by atoms with van der Waals surface area (Å²) in [4.78, 5) is 3.44. The van der Waals surface area contributed by atoms with Gasteiger partial charge in [0, 0.05) is 10.5 Å². The van der Waals surface area contributed by atoms with Crippen LogP contribution in [0.25, 0.3) is 10.9 Å². The van der Waals surface area contributed by atoms with E-state index in [1.54, 1.807) is 13.8 Å². The van der Waals surface area contributed by atoms with Crippen molar-refractivity contribution >= 4 is 36.9 Å². The van der Waals surface area contributed by atoms with E-state index in [0.29, 0.717) is 4.47 Å². The number of hydrogen-bond acceptors (Lipinski definition) is 4. The molecule has 1 aromatic heterocycles. The van der Waals surface area contributed by atoms with Gasteiger partial charge >= 0.3 is 0 Å². The smallest absolute Gasteiger partial charge is 0.246 e. The molecule has 2 rings (SSSR count). The first-order valence-corrected chi connectivity index (χ1v) is 7.99. The molecule has 0 fully saturated rings. The fraction of sp³-hybridized carbons (Fsp3) is 0.250. The van der Waals surface area contributed by atoms with Crippen LogP contribution in [-0.4, -0.2) is 24.6 Å². The maximum Gasteiger partial charge on any atom is 0.246 e. The van der Waals surface area contributed by atoms with Crippen LogP contribution in [0.2, 0.25) is 0 Å². The van der Waals surface area contributed by atoms with Gasteiger partial charge in [-0.1, -0.05) is 15.9 Å². The molecule has 2 aromatic rings. The van der Waals surface area contributed by atoms with Crippen LogP contribution in [0, 0.1) is 5.82 Å². The second-order valence-corrected chi connectivity index (χ2v) is 7.13. The van der Waals surface area contributed by atoms with E-state index in [0.717, 1.165) is 12.3 Å². The zero-order valence-corrected chi connectivity index (χ0v) is 13.1. The van der Waals surface area contributed by atoms with Crippen molar-refractivity contribution in [2.75, 3.05) is 0 Å². The van der Waals surface area contributed by atoms with E-state index >= 15 is 0 Å². The highest BCUT2D eigenvalue weighted by Gasteiger charge is 2.23. The molecule has 1 aromatic carbocycles. The number of aromatic hydroxyl groups is 1. The first kappa shape index (κ1) is 15.1. The molecule has 1 heterocycles. The summed E-state index contributed by atoms with van der Waals surface area (Å²) in [6.07, 6.45) is 1.01. The lowest BCUT2D eigenvalue weighted by Crippen LogP contribution is -2.30. The van der Waals surface area contributed by atoms with Gasteiger partial charge in [-0.05, 0) is 26.0 Å². The molecule has 0 aliphatic rings. The van der Waals surface area contributed by atoms with Gasteiger partial charge < -0.3 is 5.11 Å². The molecule has 8 heteroatoms. The minimum absolute atomic E-state index is 0.165. The lowest BCUT2D eigenvalue weighted by atomic mass is 10.2. The molecular weight excluding hydrogens is 351 g/mol. The van der Waals surface area contributed by atoms with E-state index in [1.165, 1.54) is 6.07 Å². The molecule has 0 aliphatic carbocycles. The van der Waals surface area contributed by atoms with Crippen molar-refractivity contribution in [2.45, 2.75) is 24.8 Å². The fourth-order valence-corrected chi connectivity index (χ4v) is 3.49. The Morgan fingerprint density at radius 2 is 2.05 bits per heavy atom. The van der Waals surface area contributed by atoms with Crippen LogP contribution in [0.15, 0.2) is 27.7 Å². The molecule has 0 saturated carbocycles. The number of pyridine rings is 1. The van der Waals surface area contributed by atoms with Crippen LogP contribution in [0.5, 0.6) is 5.75 Å². The fourth-order valence-electron chi connectivity index (χ4n) is 1.78. The predicted molar refractivity (Wildman–Crippen MR) is 76.5 cm³/mol. The second kappa shape index (κ2) is 5.27. The van der Waals surface area contributed by atoms with Crippen molar-refractivity contribution in [3.8, 4) is 5.75 Å². The monoisotopic (exact) mass is 362 g/mol. The topological polar surface area (TPSA) is 79.3 Å². The van der Waals surface area contributed by atoms with Gasteiger partial charge in [0.05, 0.1) is 17.1 Å². The van der Waals surface area contributed by atoms with Gasteiger partial charge in [-0.2, -0.15) is 0 Å². The SMILES string of the molecule is CC(C)NS(=O)(=O)c1cnc2cc(Br)cc(F)c2c1O. The number of nitrogens with zero attached hydrogens (tertiary/aromatic N) is 1. The van der Waals surface area contributed by atoms with E-state index in [9.17, 15) is 17.9 Å². The summed E-state index contributed by atoms with van der Waals surface area (Å²) in [5.41, 5.74) is 0.165. The zero-order chi connectivity index (χ0) is 15.1. The molecule has 0 saturated heterocycles. The average Bonchev–Trinajstić information content (AvgIpc) is 2.25. The number of fused-ring (bicyclic) bond motifs is 1. The summed E-state index contributed by atoms with van der Waals surface area (Å²) in [7, 11) is -3.95. The van der Waals surface area contributed by atoms with Crippen LogP contribution < -0.4 is 4.72 Å². The van der Waals surface area contributed by atoms with Crippen LogP contribution in [0.3, 0.4) is 0 Å². The standard InChI is InChI=1S/C12H12BrFN2O3S/c1-6(2)16-20(18,19)10-5-15-9-4-7(13)3-8(14)11(9)12(10)17/h3-6,16H,1-2H3,(H,15,17). The molecule has 20 heavy (non-hydrogen) atoms. The number of rotatable bonds is 3. The maximum absolute atomic E-state index is 13.9. The van der Waals surface area contributed by atoms with E-state index < -0.39 is 26.5 Å². The molecule has 5 nitrogen and oxygen atoms in total. The van der Waals surface area contributed by atoms with Gasteiger partial charge in [-0.25, -0.2) is 17.5 Å². The van der Waals surface area contributed by atoms with Gasteiger partial charge in [0.2, 0.25) is 10.0 Å². The second-order valence-electron chi connectivity index (χ2n) is 4.53. The highest BCUT2D eigenvalue weighted by Crippen LogP contribution is 2.33. The molecule has 0 atom stereocenters.